The molecule has 2 aliphatic rings. The molecule has 216 valence electrons. The summed E-state index contributed by atoms with van der Waals surface area (Å²) in [4.78, 5) is 33.9. The van der Waals surface area contributed by atoms with Crippen LogP contribution < -0.4 is 10.5 Å². The molecule has 1 aromatic carbocycles. The number of hydrogen-bond acceptors (Lipinski definition) is 8. The van der Waals surface area contributed by atoms with Crippen LogP contribution >= 0.6 is 11.6 Å². The minimum atomic E-state index is -0.688. The van der Waals surface area contributed by atoms with Crippen LogP contribution in [0.25, 0.3) is 34.1 Å². The minimum Gasteiger partial charge on any atom is -0.481 e. The van der Waals surface area contributed by atoms with Gasteiger partial charge in [0.05, 0.1) is 23.1 Å². The number of rotatable bonds is 7. The van der Waals surface area contributed by atoms with E-state index in [0.29, 0.717) is 33.7 Å². The summed E-state index contributed by atoms with van der Waals surface area (Å²) in [5, 5.41) is 4.31. The first-order valence-corrected chi connectivity index (χ1v) is 14.9. The number of benzene rings is 1. The molecule has 0 radical (unpaired) electrons. The second-order valence-electron chi connectivity index (χ2n) is 11.7. The average molecular weight is 586 g/mol. The third-order valence-electron chi connectivity index (χ3n) is 9.06. The third kappa shape index (κ3) is 4.58. The van der Waals surface area contributed by atoms with E-state index in [1.807, 2.05) is 0 Å². The summed E-state index contributed by atoms with van der Waals surface area (Å²) in [6.45, 7) is 3.15. The van der Waals surface area contributed by atoms with Gasteiger partial charge in [0.15, 0.2) is 5.65 Å². The molecule has 0 spiro atoms. The molecule has 0 amide bonds. The van der Waals surface area contributed by atoms with Crippen LogP contribution in [0.15, 0.2) is 51.9 Å². The number of fused-ring (bicyclic) bond motifs is 1. The van der Waals surface area contributed by atoms with Crippen LogP contribution in [-0.2, 0) is 12.0 Å². The van der Waals surface area contributed by atoms with E-state index in [0.717, 1.165) is 55.9 Å². The van der Waals surface area contributed by atoms with E-state index in [4.69, 9.17) is 35.8 Å². The van der Waals surface area contributed by atoms with Crippen LogP contribution in [0.1, 0.15) is 63.3 Å². The van der Waals surface area contributed by atoms with Gasteiger partial charge in [0.2, 0.25) is 17.5 Å². The molecule has 2 fully saturated rings. The number of aromatic nitrogens is 7. The standard InChI is InChI=1S/C31H32ClN7O3/c1-18-9-11-19(12-10-18)17-39-24-23(22-15-21(32)16-33-28(22)41-2)34-26(27-37-30(40)42-38-27)35-25(24)36-29(39)31(13-6-14-31)20-7-4-3-5-8-20/h3-5,7-8,15-16,18-19H,6,9-14,17H2,1-2H3,(H,37,38,40)/t18-,19-. The van der Waals surface area contributed by atoms with E-state index in [9.17, 15) is 4.79 Å². The van der Waals surface area contributed by atoms with Crippen molar-refractivity contribution < 1.29 is 9.26 Å². The Balaban J connectivity index is 1.52. The van der Waals surface area contributed by atoms with Crippen LogP contribution in [0.5, 0.6) is 5.88 Å². The molecule has 0 bridgehead atoms. The predicted octanol–water partition coefficient (Wildman–Crippen LogP) is 6.19. The van der Waals surface area contributed by atoms with Gasteiger partial charge in [-0.05, 0) is 49.1 Å². The van der Waals surface area contributed by atoms with Gasteiger partial charge in [-0.15, -0.1) is 0 Å². The average Bonchev–Trinajstić information content (AvgIpc) is 3.57. The fourth-order valence-corrected chi connectivity index (χ4v) is 6.81. The Hall–Kier alpha value is -4.05. The van der Waals surface area contributed by atoms with Gasteiger partial charge in [-0.1, -0.05) is 73.3 Å². The van der Waals surface area contributed by atoms with Gasteiger partial charge in [-0.2, -0.15) is 0 Å². The number of halogens is 1. The number of pyridine rings is 1. The van der Waals surface area contributed by atoms with Crippen molar-refractivity contribution in [2.24, 2.45) is 11.8 Å². The smallest absolute Gasteiger partial charge is 0.439 e. The topological polar surface area (TPSA) is 125 Å². The van der Waals surface area contributed by atoms with Gasteiger partial charge in [-0.3, -0.25) is 9.51 Å². The number of methoxy groups -OCH3 is 1. The van der Waals surface area contributed by atoms with Gasteiger partial charge in [0.25, 0.3) is 0 Å². The summed E-state index contributed by atoms with van der Waals surface area (Å²) >= 11 is 6.47. The maximum Gasteiger partial charge on any atom is 0.439 e. The zero-order chi connectivity index (χ0) is 28.8. The van der Waals surface area contributed by atoms with Crippen LogP contribution in [-0.4, -0.2) is 41.8 Å². The summed E-state index contributed by atoms with van der Waals surface area (Å²) in [6.07, 6.45) is 9.42. The lowest BCUT2D eigenvalue weighted by atomic mass is 9.63. The van der Waals surface area contributed by atoms with Crippen molar-refractivity contribution in [2.45, 2.75) is 63.8 Å². The highest BCUT2D eigenvalue weighted by molar-refractivity contribution is 6.30. The molecule has 1 N–H and O–H groups in total. The second-order valence-corrected chi connectivity index (χ2v) is 12.1. The van der Waals surface area contributed by atoms with Crippen LogP contribution in [0.4, 0.5) is 0 Å². The van der Waals surface area contributed by atoms with Crippen molar-refractivity contribution in [2.75, 3.05) is 7.11 Å². The molecule has 4 aromatic heterocycles. The number of nitrogens with one attached hydrogen (secondary N) is 1. The SMILES string of the molecule is COc1ncc(Cl)cc1-c1nc(-c2noc(=O)[nH]2)nc2nc(C3(c4ccccc4)CCC3)n(C[C@H]3CC[C@H](C)CC3)c12. The highest BCUT2D eigenvalue weighted by Gasteiger charge is 2.45. The first kappa shape index (κ1) is 26.8. The lowest BCUT2D eigenvalue weighted by Crippen LogP contribution is -2.39. The van der Waals surface area contributed by atoms with Gasteiger partial charge in [-0.25, -0.2) is 24.7 Å². The van der Waals surface area contributed by atoms with Gasteiger partial charge >= 0.3 is 5.76 Å². The highest BCUT2D eigenvalue weighted by Crippen LogP contribution is 2.50. The second kappa shape index (κ2) is 10.7. The fourth-order valence-electron chi connectivity index (χ4n) is 6.66. The summed E-state index contributed by atoms with van der Waals surface area (Å²) in [7, 11) is 1.57. The molecule has 0 atom stereocenters. The van der Waals surface area contributed by atoms with Gasteiger partial charge in [0.1, 0.15) is 17.0 Å². The largest absolute Gasteiger partial charge is 0.481 e. The number of imidazole rings is 1. The molecule has 0 saturated heterocycles. The normalized spacial score (nSPS) is 20.0. The molecule has 10 nitrogen and oxygen atoms in total. The highest BCUT2D eigenvalue weighted by atomic mass is 35.5. The molecular formula is C31H32ClN7O3. The van der Waals surface area contributed by atoms with Crippen molar-refractivity contribution in [3.63, 3.8) is 0 Å². The Morgan fingerprint density at radius 2 is 1.90 bits per heavy atom. The first-order valence-electron chi connectivity index (χ1n) is 14.6. The number of aromatic amines is 1. The maximum absolute atomic E-state index is 11.9. The molecule has 0 unspecified atom stereocenters. The van der Waals surface area contributed by atoms with Crippen molar-refractivity contribution >= 4 is 22.8 Å². The quantitative estimate of drug-likeness (QED) is 0.240. The van der Waals surface area contributed by atoms with E-state index in [1.165, 1.54) is 18.4 Å². The maximum atomic E-state index is 11.9. The molecule has 5 aromatic rings. The molecule has 42 heavy (non-hydrogen) atoms. The number of nitrogens with zero attached hydrogens (tertiary/aromatic N) is 6. The molecule has 0 aliphatic heterocycles. The van der Waals surface area contributed by atoms with Crippen LogP contribution in [0.3, 0.4) is 0 Å². The Kier molecular flexibility index (Phi) is 6.80. The molecule has 4 heterocycles. The third-order valence-corrected chi connectivity index (χ3v) is 9.27. The van der Waals surface area contributed by atoms with E-state index >= 15 is 0 Å². The summed E-state index contributed by atoms with van der Waals surface area (Å²) in [5.41, 5.74) is 3.50. The van der Waals surface area contributed by atoms with Crippen LogP contribution in [0, 0.1) is 11.8 Å². The molecule has 2 saturated carbocycles. The lowest BCUT2D eigenvalue weighted by Gasteiger charge is -2.42. The summed E-state index contributed by atoms with van der Waals surface area (Å²) in [6, 6.07) is 12.4. The van der Waals surface area contributed by atoms with Crippen molar-refractivity contribution in [3.05, 3.63) is 69.6 Å². The monoisotopic (exact) mass is 585 g/mol. The Labute approximate surface area is 247 Å². The minimum absolute atomic E-state index is 0.121. The molecule has 2 aliphatic carbocycles. The number of H-pyrrole nitrogens is 1. The van der Waals surface area contributed by atoms with Crippen molar-refractivity contribution in [1.29, 1.82) is 0 Å². The van der Waals surface area contributed by atoms with E-state index in [1.54, 1.807) is 19.4 Å². The number of hydrogen-bond donors (Lipinski definition) is 1. The van der Waals surface area contributed by atoms with E-state index < -0.39 is 5.76 Å². The molecule has 11 heteroatoms. The van der Waals surface area contributed by atoms with Gasteiger partial charge in [0, 0.05) is 12.7 Å². The van der Waals surface area contributed by atoms with E-state index in [2.05, 4.69) is 56.9 Å². The predicted molar refractivity (Wildman–Crippen MR) is 158 cm³/mol. The molecular weight excluding hydrogens is 554 g/mol. The van der Waals surface area contributed by atoms with Crippen LogP contribution in [0.2, 0.25) is 5.02 Å². The number of ether oxygens (including phenoxy) is 1. The summed E-state index contributed by atoms with van der Waals surface area (Å²) < 4.78 is 12.8. The zero-order valence-corrected chi connectivity index (χ0v) is 24.4. The van der Waals surface area contributed by atoms with E-state index in [-0.39, 0.29) is 17.1 Å². The lowest BCUT2D eigenvalue weighted by molar-refractivity contribution is 0.242. The Bertz CT molecular complexity index is 1800. The zero-order valence-electron chi connectivity index (χ0n) is 23.6. The Morgan fingerprint density at radius 1 is 1.12 bits per heavy atom. The first-order chi connectivity index (χ1) is 20.4. The van der Waals surface area contributed by atoms with Crippen molar-refractivity contribution in [1.82, 2.24) is 34.6 Å². The molecule has 7 rings (SSSR count). The summed E-state index contributed by atoms with van der Waals surface area (Å²) in [5.74, 6) is 2.24. The fraction of sp³-hybridized carbons (Fsp3) is 0.419. The Morgan fingerprint density at radius 3 is 2.57 bits per heavy atom. The van der Waals surface area contributed by atoms with Gasteiger partial charge < -0.3 is 9.30 Å². The van der Waals surface area contributed by atoms with Crippen molar-refractivity contribution in [3.8, 4) is 28.8 Å².